The lowest BCUT2D eigenvalue weighted by Gasteiger charge is -2.26. The molecule has 7 aromatic heterocycles. The summed E-state index contributed by atoms with van der Waals surface area (Å²) in [4.78, 5) is 4.80. The van der Waals surface area contributed by atoms with Crippen molar-refractivity contribution in [2.75, 3.05) is 39.8 Å². The van der Waals surface area contributed by atoms with Crippen molar-refractivity contribution in [3.63, 3.8) is 0 Å². The molecular formula is C74H131N17. The van der Waals surface area contributed by atoms with E-state index in [1.807, 2.05) is 47.4 Å². The Bertz CT molecular complexity index is 3130. The lowest BCUT2D eigenvalue weighted by molar-refractivity contribution is 0.223. The van der Waals surface area contributed by atoms with Gasteiger partial charge in [-0.1, -0.05) is 174 Å². The fraction of sp³-hybridized carbons (Fsp3) is 0.716. The Kier molecular flexibility index (Phi) is 28.2. The van der Waals surface area contributed by atoms with Crippen molar-refractivity contribution >= 4 is 0 Å². The average molecular weight is 1260 g/mol. The van der Waals surface area contributed by atoms with Crippen LogP contribution in [0.2, 0.25) is 0 Å². The van der Waals surface area contributed by atoms with Crippen molar-refractivity contribution in [2.45, 2.75) is 295 Å². The highest BCUT2D eigenvalue weighted by Gasteiger charge is 2.27. The van der Waals surface area contributed by atoms with Gasteiger partial charge in [0.2, 0.25) is 0 Å². The summed E-state index contributed by atoms with van der Waals surface area (Å²) in [5, 5.41) is 36.9. The standard InChI is InChI=1S/C14H24N2.C12H21N3.2C11H19N3.C10H18N2.C8H14N2.C7H12N2.CH4/c1-11-5-7-13(8-6-11)16-10-12(9-15-16)14(2,3)4;1-5-14-6-7-15-10(9-14)8-11(13-15)12(2,3)4;1-11(2,3)10-7-9-8-13(4)5-6-14(9)12-10;1-11(2,3)9-6-13-14(8-9)10-4-5-12-7-10;1-5-7-12-8-6-9(11-12)10(2,3)4;1-8(2,3)7-5-9-10(4)6-7;1-7(2,3)6-4-8-9-5-6;/h9-11,13H,5-8H2,1-4H3;8H,5-7,9H2,1-4H3;7H,5-6,8H2,1-4H3;6,8,10,12H,4-5,7H2,1-3H3;6,8H,5,7H2,1-4H3;5-6H,1-4H3;4-5H,1-3H3,(H,8,9);1H4. The molecule has 11 rings (SSSR count). The highest BCUT2D eigenvalue weighted by Crippen LogP contribution is 2.33. The van der Waals surface area contributed by atoms with E-state index in [0.29, 0.717) is 12.1 Å². The Morgan fingerprint density at radius 1 is 0.505 bits per heavy atom. The molecule has 91 heavy (non-hydrogen) atoms. The molecule has 17 heteroatoms. The number of rotatable bonds is 5. The Labute approximate surface area is 553 Å². The SMILES string of the molecule is C.CC(C)(C)c1cn[nH]c1.CC(C)(C)c1cnn(C2CCNC2)c1.CC1CCC(n2cc(C(C)(C)C)cn2)CC1.CCCn1ccc(C(C)(C)C)n1.CCN1CCn2nc(C(C)(C)C)cc2C1.CN1CCn2nc(C(C)(C)C)cc2C1.Cn1cc(C(C)(C)C)cn1. The van der Waals surface area contributed by atoms with Gasteiger partial charge >= 0.3 is 0 Å². The smallest absolute Gasteiger partial charge is 0.0681 e. The maximum absolute atomic E-state index is 4.68. The number of fused-ring (bicyclic) bond motifs is 2. The van der Waals surface area contributed by atoms with Crippen molar-refractivity contribution in [2.24, 2.45) is 13.0 Å². The van der Waals surface area contributed by atoms with E-state index in [9.17, 15) is 0 Å². The van der Waals surface area contributed by atoms with Crippen LogP contribution in [0.1, 0.15) is 275 Å². The van der Waals surface area contributed by atoms with Gasteiger partial charge in [-0.05, 0) is 127 Å². The van der Waals surface area contributed by atoms with E-state index >= 15 is 0 Å². The van der Waals surface area contributed by atoms with Gasteiger partial charge in [-0.15, -0.1) is 0 Å². The monoisotopic (exact) mass is 1260 g/mol. The molecule has 2 N–H and O–H groups in total. The topological polar surface area (TPSA) is 154 Å². The average Bonchev–Trinajstić information content (AvgIpc) is 1.77. The second-order valence-electron chi connectivity index (χ2n) is 33.2. The second kappa shape index (κ2) is 33.0. The number of likely N-dealkylation sites (N-methyl/N-ethyl adjacent to an activating group) is 2. The van der Waals surface area contributed by atoms with Crippen LogP contribution in [0, 0.1) is 5.92 Å². The van der Waals surface area contributed by atoms with Gasteiger partial charge < -0.3 is 5.32 Å². The molecule has 1 saturated heterocycles. The largest absolute Gasteiger partial charge is 0.315 e. The lowest BCUT2D eigenvalue weighted by atomic mass is 9.87. The molecule has 1 saturated carbocycles. The molecule has 0 bridgehead atoms. The molecule has 4 aliphatic rings. The van der Waals surface area contributed by atoms with Crippen molar-refractivity contribution in [3.8, 4) is 0 Å². The normalized spacial score (nSPS) is 18.1. The van der Waals surface area contributed by atoms with E-state index in [1.165, 1.54) is 82.8 Å². The van der Waals surface area contributed by atoms with Gasteiger partial charge in [-0.3, -0.25) is 43.0 Å². The Hall–Kier alpha value is -5.65. The molecule has 0 spiro atoms. The first-order valence-corrected chi connectivity index (χ1v) is 34.0. The van der Waals surface area contributed by atoms with E-state index < -0.39 is 0 Å². The molecule has 7 aromatic rings. The third kappa shape index (κ3) is 25.0. The summed E-state index contributed by atoms with van der Waals surface area (Å²) in [6, 6.07) is 7.83. The Balaban J connectivity index is 0.000000228. The van der Waals surface area contributed by atoms with E-state index in [0.717, 1.165) is 77.8 Å². The van der Waals surface area contributed by atoms with Crippen molar-refractivity contribution in [1.29, 1.82) is 0 Å². The summed E-state index contributed by atoms with van der Waals surface area (Å²) in [7, 11) is 4.10. The zero-order chi connectivity index (χ0) is 67.2. The summed E-state index contributed by atoms with van der Waals surface area (Å²) in [6.07, 6.45) is 26.0. The third-order valence-electron chi connectivity index (χ3n) is 17.3. The molecule has 17 nitrogen and oxygen atoms in total. The number of aryl methyl sites for hydroxylation is 2. The summed E-state index contributed by atoms with van der Waals surface area (Å²) in [5.74, 6) is 0.911. The van der Waals surface area contributed by atoms with Crippen LogP contribution >= 0.6 is 0 Å². The maximum Gasteiger partial charge on any atom is 0.0681 e. The number of nitrogens with one attached hydrogen (secondary N) is 2. The molecule has 0 amide bonds. The van der Waals surface area contributed by atoms with E-state index in [1.54, 1.807) is 0 Å². The first-order chi connectivity index (χ1) is 41.6. The number of nitrogens with zero attached hydrogens (tertiary/aromatic N) is 15. The zero-order valence-corrected chi connectivity index (χ0v) is 61.7. The minimum Gasteiger partial charge on any atom is -0.315 e. The van der Waals surface area contributed by atoms with E-state index in [2.05, 4.69) is 291 Å². The minimum atomic E-state index is 0. The quantitative estimate of drug-likeness (QED) is 0.170. The van der Waals surface area contributed by atoms with Crippen LogP contribution in [-0.2, 0) is 77.7 Å². The van der Waals surface area contributed by atoms with Crippen LogP contribution in [0.15, 0.2) is 74.0 Å². The highest BCUT2D eigenvalue weighted by molar-refractivity contribution is 5.21. The number of hydrogen-bond acceptors (Lipinski definition) is 10. The molecule has 0 radical (unpaired) electrons. The van der Waals surface area contributed by atoms with Crippen LogP contribution in [0.25, 0.3) is 0 Å². The number of hydrogen-bond donors (Lipinski definition) is 2. The molecular weight excluding hydrogens is 1130 g/mol. The molecule has 512 valence electrons. The van der Waals surface area contributed by atoms with Gasteiger partial charge in [-0.25, -0.2) is 0 Å². The zero-order valence-electron chi connectivity index (χ0n) is 61.7. The van der Waals surface area contributed by atoms with Gasteiger partial charge in [-0.2, -0.15) is 35.7 Å². The van der Waals surface area contributed by atoms with E-state index in [-0.39, 0.29) is 45.3 Å². The first-order valence-electron chi connectivity index (χ1n) is 34.0. The molecule has 1 atom stereocenters. The molecule has 0 aromatic carbocycles. The predicted molar refractivity (Wildman–Crippen MR) is 381 cm³/mol. The van der Waals surface area contributed by atoms with Crippen molar-refractivity contribution < 1.29 is 0 Å². The second-order valence-corrected chi connectivity index (χ2v) is 33.2. The summed E-state index contributed by atoms with van der Waals surface area (Å²) in [5.41, 5.74) is 13.0. The van der Waals surface area contributed by atoms with Gasteiger partial charge in [0.15, 0.2) is 0 Å². The van der Waals surface area contributed by atoms with Gasteiger partial charge in [0.05, 0.1) is 78.4 Å². The lowest BCUT2D eigenvalue weighted by Crippen LogP contribution is -2.33. The Morgan fingerprint density at radius 2 is 0.989 bits per heavy atom. The number of aromatic nitrogens is 14. The fourth-order valence-electron chi connectivity index (χ4n) is 10.5. The Morgan fingerprint density at radius 3 is 1.37 bits per heavy atom. The maximum atomic E-state index is 4.68. The predicted octanol–water partition coefficient (Wildman–Crippen LogP) is 15.9. The minimum absolute atomic E-state index is 0. The van der Waals surface area contributed by atoms with Gasteiger partial charge in [0.1, 0.15) is 0 Å². The fourth-order valence-corrected chi connectivity index (χ4v) is 10.5. The summed E-state index contributed by atoms with van der Waals surface area (Å²) < 4.78 is 12.5. The molecule has 1 aliphatic carbocycles. The first kappa shape index (κ1) is 77.8. The molecule has 10 heterocycles. The van der Waals surface area contributed by atoms with Crippen LogP contribution in [0.3, 0.4) is 0 Å². The molecule has 2 fully saturated rings. The summed E-state index contributed by atoms with van der Waals surface area (Å²) >= 11 is 0. The number of H-pyrrole nitrogens is 1. The van der Waals surface area contributed by atoms with Gasteiger partial charge in [0, 0.05) is 93.5 Å². The van der Waals surface area contributed by atoms with Crippen molar-refractivity contribution in [1.82, 2.24) is 84.0 Å². The van der Waals surface area contributed by atoms with Crippen LogP contribution < -0.4 is 5.32 Å². The van der Waals surface area contributed by atoms with E-state index in [4.69, 9.17) is 0 Å². The van der Waals surface area contributed by atoms with Crippen LogP contribution in [-0.4, -0.2) is 118 Å². The van der Waals surface area contributed by atoms with Crippen LogP contribution in [0.4, 0.5) is 0 Å². The van der Waals surface area contributed by atoms with Crippen LogP contribution in [0.5, 0.6) is 0 Å². The number of aromatic amines is 1. The van der Waals surface area contributed by atoms with Gasteiger partial charge in [0.25, 0.3) is 0 Å². The molecule has 3 aliphatic heterocycles. The summed E-state index contributed by atoms with van der Waals surface area (Å²) in [6.45, 7) is 63.8. The molecule has 1 unspecified atom stereocenters. The third-order valence-corrected chi connectivity index (χ3v) is 17.3. The van der Waals surface area contributed by atoms with Crippen molar-refractivity contribution in [3.05, 3.63) is 125 Å². The highest BCUT2D eigenvalue weighted by atomic mass is 15.4.